The lowest BCUT2D eigenvalue weighted by Gasteiger charge is -2.20. The summed E-state index contributed by atoms with van der Waals surface area (Å²) in [5, 5.41) is 20.4. The summed E-state index contributed by atoms with van der Waals surface area (Å²) in [6.45, 7) is 3.49. The van der Waals surface area contributed by atoms with Gasteiger partial charge in [-0.05, 0) is 98.9 Å². The van der Waals surface area contributed by atoms with Gasteiger partial charge in [0.05, 0.1) is 36.5 Å². The number of benzene rings is 4. The van der Waals surface area contributed by atoms with Crippen LogP contribution < -0.4 is 25.4 Å². The number of carbonyl (C=O) groups is 1. The Morgan fingerprint density at radius 3 is 1.74 bits per heavy atom. The Bertz CT molecular complexity index is 3200. The fraction of sp³-hybridized carbons (Fsp3) is 0.250. The number of fused-ring (bicyclic) bond motifs is 2. The minimum Gasteiger partial charge on any atom is -0.489 e. The monoisotopic (exact) mass is 905 g/mol. The van der Waals surface area contributed by atoms with Gasteiger partial charge in [-0.3, -0.25) is 14.2 Å². The number of amides is 1. The van der Waals surface area contributed by atoms with Crippen LogP contribution >= 0.6 is 0 Å². The maximum Gasteiger partial charge on any atom is 0.236 e. The number of rotatable bonds is 12. The van der Waals surface area contributed by atoms with E-state index >= 15 is 0 Å². The maximum absolute atomic E-state index is 12.5. The molecule has 16 heteroatoms. The molecule has 68 heavy (non-hydrogen) atoms. The van der Waals surface area contributed by atoms with Crippen molar-refractivity contribution in [2.24, 2.45) is 14.1 Å². The molecule has 2 unspecified atom stereocenters. The van der Waals surface area contributed by atoms with Gasteiger partial charge in [0.2, 0.25) is 17.8 Å². The van der Waals surface area contributed by atoms with Gasteiger partial charge >= 0.3 is 0 Å². The number of aryl methyl sites for hydroxylation is 2. The first-order valence-corrected chi connectivity index (χ1v) is 22.3. The summed E-state index contributed by atoms with van der Waals surface area (Å²) in [4.78, 5) is 34.4. The van der Waals surface area contributed by atoms with E-state index in [-0.39, 0.29) is 18.1 Å². The highest BCUT2D eigenvalue weighted by atomic mass is 16.5. The number of hydrogen-bond acceptors (Lipinski definition) is 13. The molecule has 10 rings (SSSR count). The molecule has 4 aromatic heterocycles. The Kier molecular flexibility index (Phi) is 13.2. The summed E-state index contributed by atoms with van der Waals surface area (Å²) in [6.07, 6.45) is 24.0. The average Bonchev–Trinajstić information content (AvgIpc) is 4.19. The molecule has 2 aliphatic heterocycles. The van der Waals surface area contributed by atoms with Crippen molar-refractivity contribution in [1.82, 2.24) is 54.6 Å². The van der Waals surface area contributed by atoms with Crippen LogP contribution in [-0.2, 0) is 18.9 Å². The van der Waals surface area contributed by atoms with Crippen LogP contribution in [0.15, 0.2) is 110 Å². The molecule has 3 N–H and O–H groups in total. The molecule has 2 saturated heterocycles. The number of aromatic nitrogens is 8. The Hall–Kier alpha value is -8.31. The van der Waals surface area contributed by atoms with Gasteiger partial charge in [0.1, 0.15) is 23.7 Å². The zero-order valence-corrected chi connectivity index (χ0v) is 38.3. The molecule has 0 saturated carbocycles. The fourth-order valence-corrected chi connectivity index (χ4v) is 8.11. The zero-order valence-electron chi connectivity index (χ0n) is 38.3. The van der Waals surface area contributed by atoms with Gasteiger partial charge < -0.3 is 35.2 Å². The van der Waals surface area contributed by atoms with Crippen molar-refractivity contribution in [2.75, 3.05) is 57.5 Å². The molecular formula is C52H51N13O3. The van der Waals surface area contributed by atoms with Crippen LogP contribution in [0.2, 0.25) is 0 Å². The predicted molar refractivity (Wildman–Crippen MR) is 265 cm³/mol. The van der Waals surface area contributed by atoms with Crippen LogP contribution in [-0.4, -0.2) is 114 Å². The lowest BCUT2D eigenvalue weighted by molar-refractivity contribution is -0.131. The lowest BCUT2D eigenvalue weighted by Crippen LogP contribution is -2.37. The molecule has 0 radical (unpaired) electrons. The van der Waals surface area contributed by atoms with Gasteiger partial charge in [-0.1, -0.05) is 11.8 Å². The number of likely N-dealkylation sites (tertiary alicyclic amines) is 1. The number of nitrogens with zero attached hydrogens (tertiary/aromatic N) is 10. The molecule has 0 spiro atoms. The predicted octanol–water partition coefficient (Wildman–Crippen LogP) is 6.79. The van der Waals surface area contributed by atoms with E-state index in [9.17, 15) is 4.79 Å². The summed E-state index contributed by atoms with van der Waals surface area (Å²) in [5.74, 6) is 7.87. The standard InChI is InChI=1S/C28H29N7O2.C24H22N6O/c1-5-19-6-7-26-21(10-19)14-29-28(32-26)31-23-11-20(22-15-30-34(4)16-22)12-25(13-23)37-24-8-9-35(17-24)27(36)18-33(2)3;1-3-16-4-5-23-18(8-16)12-26-24(29-23)28-20-9-17(19-13-27-30(2)15-19)10-22(11-20)31-21-6-7-25-14-21/h1,6-7,10-16,24H,8-9,17-18H2,2-4H3,(H,29,31,32);1,4-5,8-13,15,21,25H,6-7,14H2,2H3,(H,26,28,29). The largest absolute Gasteiger partial charge is 0.489 e. The van der Waals surface area contributed by atoms with Crippen LogP contribution in [0.1, 0.15) is 24.0 Å². The smallest absolute Gasteiger partial charge is 0.236 e. The van der Waals surface area contributed by atoms with E-state index < -0.39 is 0 Å². The van der Waals surface area contributed by atoms with Crippen LogP contribution in [0, 0.1) is 24.7 Å². The van der Waals surface area contributed by atoms with Gasteiger partial charge in [0, 0.05) is 115 Å². The van der Waals surface area contributed by atoms with Gasteiger partial charge in [-0.15, -0.1) is 12.8 Å². The Morgan fingerprint density at radius 2 is 1.26 bits per heavy atom. The van der Waals surface area contributed by atoms with Gasteiger partial charge in [-0.2, -0.15) is 10.2 Å². The van der Waals surface area contributed by atoms with Crippen molar-refractivity contribution in [3.63, 3.8) is 0 Å². The van der Waals surface area contributed by atoms with Crippen molar-refractivity contribution in [3.05, 3.63) is 121 Å². The molecule has 2 fully saturated rings. The number of likely N-dealkylation sites (N-methyl/N-ethyl adjacent to an activating group) is 1. The maximum atomic E-state index is 12.5. The third kappa shape index (κ3) is 11.0. The molecule has 8 aromatic rings. The van der Waals surface area contributed by atoms with Gasteiger partial charge in [-0.25, -0.2) is 19.9 Å². The molecule has 342 valence electrons. The first kappa shape index (κ1) is 44.9. The average molecular weight is 906 g/mol. The van der Waals surface area contributed by atoms with Crippen LogP contribution in [0.3, 0.4) is 0 Å². The second-order valence-electron chi connectivity index (χ2n) is 17.1. The molecular weight excluding hydrogens is 855 g/mol. The summed E-state index contributed by atoms with van der Waals surface area (Å²) in [7, 11) is 7.58. The molecule has 2 aliphatic rings. The normalized spacial score (nSPS) is 15.4. The molecule has 4 aromatic carbocycles. The minimum absolute atomic E-state index is 0.0784. The Balaban J connectivity index is 0.000000172. The first-order chi connectivity index (χ1) is 33.0. The first-order valence-electron chi connectivity index (χ1n) is 22.3. The van der Waals surface area contributed by atoms with Crippen molar-refractivity contribution in [1.29, 1.82) is 0 Å². The molecule has 2 atom stereocenters. The number of carbonyl (C=O) groups excluding carboxylic acids is 1. The summed E-state index contributed by atoms with van der Waals surface area (Å²) >= 11 is 0. The Labute approximate surface area is 394 Å². The summed E-state index contributed by atoms with van der Waals surface area (Å²) in [6, 6.07) is 23.3. The molecule has 0 aliphatic carbocycles. The van der Waals surface area contributed by atoms with Crippen LogP contribution in [0.5, 0.6) is 11.5 Å². The molecule has 6 heterocycles. The third-order valence-corrected chi connectivity index (χ3v) is 11.5. The molecule has 1 amide bonds. The number of anilines is 4. The van der Waals surface area contributed by atoms with E-state index in [0.717, 1.165) is 98.2 Å². The SMILES string of the molecule is C#Cc1ccc2nc(Nc3cc(OC4CCN(C(=O)CN(C)C)C4)cc(-c4cnn(C)c4)c3)ncc2c1.C#Cc1ccc2nc(Nc3cc(OC4CCNC4)cc(-c4cnn(C)c4)c3)ncc2c1. The fourth-order valence-electron chi connectivity index (χ4n) is 8.11. The minimum atomic E-state index is -0.0784. The second-order valence-corrected chi connectivity index (χ2v) is 17.1. The van der Waals surface area contributed by atoms with Crippen molar-refractivity contribution < 1.29 is 14.3 Å². The van der Waals surface area contributed by atoms with E-state index in [1.165, 1.54) is 0 Å². The highest BCUT2D eigenvalue weighted by Gasteiger charge is 2.28. The van der Waals surface area contributed by atoms with Gasteiger partial charge in [0.15, 0.2) is 0 Å². The number of nitrogens with one attached hydrogen (secondary N) is 3. The number of terminal acetylenes is 2. The Morgan fingerprint density at radius 1 is 0.721 bits per heavy atom. The highest BCUT2D eigenvalue weighted by molar-refractivity contribution is 5.82. The van der Waals surface area contributed by atoms with Gasteiger partial charge in [0.25, 0.3) is 0 Å². The van der Waals surface area contributed by atoms with Crippen molar-refractivity contribution >= 4 is 51.0 Å². The zero-order chi connectivity index (χ0) is 47.1. The van der Waals surface area contributed by atoms with Crippen LogP contribution in [0.4, 0.5) is 23.3 Å². The van der Waals surface area contributed by atoms with E-state index in [2.05, 4.69) is 57.9 Å². The summed E-state index contributed by atoms with van der Waals surface area (Å²) in [5.41, 5.74) is 8.80. The summed E-state index contributed by atoms with van der Waals surface area (Å²) < 4.78 is 16.1. The number of hydrogen-bond donors (Lipinski definition) is 3. The van der Waals surface area contributed by atoms with E-state index in [0.29, 0.717) is 37.3 Å². The van der Waals surface area contributed by atoms with E-state index in [4.69, 9.17) is 22.3 Å². The van der Waals surface area contributed by atoms with Crippen molar-refractivity contribution in [2.45, 2.75) is 25.0 Å². The quantitative estimate of drug-likeness (QED) is 0.110. The van der Waals surface area contributed by atoms with Crippen LogP contribution in [0.25, 0.3) is 44.1 Å². The molecule has 16 nitrogen and oxygen atoms in total. The highest BCUT2D eigenvalue weighted by Crippen LogP contribution is 2.33. The lowest BCUT2D eigenvalue weighted by atomic mass is 10.1. The molecule has 0 bridgehead atoms. The third-order valence-electron chi connectivity index (χ3n) is 11.5. The second kappa shape index (κ2) is 20.1. The van der Waals surface area contributed by atoms with E-state index in [1.807, 2.05) is 136 Å². The van der Waals surface area contributed by atoms with E-state index in [1.54, 1.807) is 21.8 Å². The van der Waals surface area contributed by atoms with Crippen molar-refractivity contribution in [3.8, 4) is 58.4 Å². The topological polar surface area (TPSA) is 165 Å². The number of ether oxygens (including phenoxy) is 2.